The molecule has 0 bridgehead atoms. The molecule has 2 fully saturated rings. The number of ether oxygens (including phenoxy) is 2. The molecule has 2 N–H and O–H groups in total. The summed E-state index contributed by atoms with van der Waals surface area (Å²) >= 11 is 6.26. The number of nitrogens with one attached hydrogen (secondary N) is 1. The van der Waals surface area contributed by atoms with Crippen molar-refractivity contribution in [2.45, 2.75) is 76.4 Å². The third-order valence-electron chi connectivity index (χ3n) is 6.30. The van der Waals surface area contributed by atoms with E-state index < -0.39 is 17.9 Å². The van der Waals surface area contributed by atoms with Crippen LogP contribution in [0.5, 0.6) is 11.5 Å². The van der Waals surface area contributed by atoms with Crippen molar-refractivity contribution in [2.75, 3.05) is 0 Å². The molecule has 1 aromatic carbocycles. The second-order valence-corrected chi connectivity index (χ2v) is 8.60. The molecule has 27 heavy (non-hydrogen) atoms. The summed E-state index contributed by atoms with van der Waals surface area (Å²) in [5, 5.41) is 13.2. The average molecular weight is 398 g/mol. The van der Waals surface area contributed by atoms with Crippen molar-refractivity contribution in [3.05, 3.63) is 22.2 Å². The third-order valence-corrected chi connectivity index (χ3v) is 6.58. The van der Waals surface area contributed by atoms with Gasteiger partial charge in [0.05, 0.1) is 10.6 Å². The first-order valence-corrected chi connectivity index (χ1v) is 9.99. The molecule has 0 amide bonds. The van der Waals surface area contributed by atoms with Crippen molar-refractivity contribution in [3.63, 3.8) is 0 Å². The van der Waals surface area contributed by atoms with Crippen molar-refractivity contribution in [1.82, 2.24) is 5.32 Å². The van der Waals surface area contributed by atoms with Gasteiger partial charge in [0.1, 0.15) is 6.17 Å². The summed E-state index contributed by atoms with van der Waals surface area (Å²) in [5.74, 6) is -0.828. The van der Waals surface area contributed by atoms with Gasteiger partial charge < -0.3 is 19.9 Å². The van der Waals surface area contributed by atoms with E-state index in [9.17, 15) is 14.3 Å². The normalized spacial score (nSPS) is 35.0. The lowest BCUT2D eigenvalue weighted by atomic mass is 9.80. The highest BCUT2D eigenvalue weighted by molar-refractivity contribution is 6.32. The van der Waals surface area contributed by atoms with Crippen LogP contribution in [0.2, 0.25) is 5.02 Å². The van der Waals surface area contributed by atoms with E-state index in [0.717, 1.165) is 25.7 Å². The topological polar surface area (TPSA) is 67.8 Å². The Morgan fingerprint density at radius 3 is 2.44 bits per heavy atom. The van der Waals surface area contributed by atoms with Crippen LogP contribution in [0.3, 0.4) is 0 Å². The number of aromatic carboxylic acids is 1. The number of fused-ring (bicyclic) bond motifs is 1. The Balaban J connectivity index is 1.43. The number of halogens is 2. The zero-order valence-corrected chi connectivity index (χ0v) is 16.3. The number of alkyl halides is 1. The van der Waals surface area contributed by atoms with Crippen LogP contribution in [-0.4, -0.2) is 35.1 Å². The standard InChI is InChI=1S/C20H25ClFNO4/c1-10-15(19(24)25)9-16(21)18-17(10)26-20(2,27-18)11-3-5-13(6-4-11)23-14-7-12(22)8-14/h9,11-14,23H,3-8H2,1-2H3,(H,24,25)/t11-,12-,13+,14-,20?. The molecule has 5 nitrogen and oxygen atoms in total. The summed E-state index contributed by atoms with van der Waals surface area (Å²) in [7, 11) is 0. The Morgan fingerprint density at radius 2 is 1.85 bits per heavy atom. The number of hydrogen-bond acceptors (Lipinski definition) is 4. The highest BCUT2D eigenvalue weighted by atomic mass is 35.5. The van der Waals surface area contributed by atoms with Crippen LogP contribution in [0.25, 0.3) is 0 Å². The van der Waals surface area contributed by atoms with Gasteiger partial charge in [0.2, 0.25) is 0 Å². The summed E-state index contributed by atoms with van der Waals surface area (Å²) in [4.78, 5) is 11.4. The summed E-state index contributed by atoms with van der Waals surface area (Å²) in [6.07, 6.45) is 4.45. The molecule has 1 unspecified atom stereocenters. The van der Waals surface area contributed by atoms with Crippen molar-refractivity contribution < 1.29 is 23.8 Å². The molecular formula is C20H25ClFNO4. The van der Waals surface area contributed by atoms with Gasteiger partial charge in [0.15, 0.2) is 11.5 Å². The lowest BCUT2D eigenvalue weighted by molar-refractivity contribution is -0.121. The predicted octanol–water partition coefficient (Wildman–Crippen LogP) is 4.48. The Hall–Kier alpha value is -1.53. The number of carboxylic acid groups (broad SMARTS) is 1. The molecule has 3 aliphatic rings. The Kier molecular flexibility index (Phi) is 4.75. The largest absolute Gasteiger partial charge is 0.478 e. The molecule has 2 aliphatic carbocycles. The summed E-state index contributed by atoms with van der Waals surface area (Å²) < 4.78 is 25.3. The Bertz CT molecular complexity index is 759. The Labute approximate surface area is 163 Å². The number of benzene rings is 1. The minimum Gasteiger partial charge on any atom is -0.478 e. The minimum atomic E-state index is -1.03. The molecule has 1 atom stereocenters. The van der Waals surface area contributed by atoms with Gasteiger partial charge in [0, 0.05) is 30.5 Å². The fraction of sp³-hybridized carbons (Fsp3) is 0.650. The molecule has 0 radical (unpaired) electrons. The van der Waals surface area contributed by atoms with E-state index in [1.807, 2.05) is 6.92 Å². The molecule has 1 heterocycles. The summed E-state index contributed by atoms with van der Waals surface area (Å²) in [6, 6.07) is 2.15. The van der Waals surface area contributed by atoms with E-state index in [1.165, 1.54) is 6.07 Å². The Morgan fingerprint density at radius 1 is 1.22 bits per heavy atom. The maximum absolute atomic E-state index is 13.0. The van der Waals surface area contributed by atoms with Crippen LogP contribution in [-0.2, 0) is 0 Å². The molecule has 2 saturated carbocycles. The van der Waals surface area contributed by atoms with E-state index in [-0.39, 0.29) is 16.5 Å². The molecule has 0 saturated heterocycles. The molecule has 7 heteroatoms. The van der Waals surface area contributed by atoms with Crippen molar-refractivity contribution >= 4 is 17.6 Å². The SMILES string of the molecule is Cc1c(C(=O)O)cc(Cl)c2c1OC(C)([C@H]1CC[C@@H](N[C@H]3C[C@H](F)C3)CC1)O2. The molecule has 1 aliphatic heterocycles. The number of rotatable bonds is 4. The maximum Gasteiger partial charge on any atom is 0.336 e. The van der Waals surface area contributed by atoms with E-state index in [2.05, 4.69) is 5.32 Å². The zero-order chi connectivity index (χ0) is 19.3. The van der Waals surface area contributed by atoms with E-state index in [4.69, 9.17) is 21.1 Å². The van der Waals surface area contributed by atoms with E-state index >= 15 is 0 Å². The van der Waals surface area contributed by atoms with Crippen LogP contribution in [0.1, 0.15) is 61.4 Å². The molecule has 0 spiro atoms. The monoisotopic (exact) mass is 397 g/mol. The fourth-order valence-corrected chi connectivity index (χ4v) is 4.77. The zero-order valence-electron chi connectivity index (χ0n) is 15.6. The third kappa shape index (κ3) is 3.38. The minimum absolute atomic E-state index is 0.131. The quantitative estimate of drug-likeness (QED) is 0.783. The van der Waals surface area contributed by atoms with Crippen molar-refractivity contribution in [1.29, 1.82) is 0 Å². The van der Waals surface area contributed by atoms with Crippen LogP contribution < -0.4 is 14.8 Å². The summed E-state index contributed by atoms with van der Waals surface area (Å²) in [5.41, 5.74) is 0.665. The predicted molar refractivity (Wildman–Crippen MR) is 99.6 cm³/mol. The van der Waals surface area contributed by atoms with Gasteiger partial charge in [-0.05, 0) is 51.5 Å². The number of carbonyl (C=O) groups is 1. The fourth-order valence-electron chi connectivity index (χ4n) is 4.54. The highest BCUT2D eigenvalue weighted by Crippen LogP contribution is 2.51. The number of hydrogen-bond donors (Lipinski definition) is 2. The van der Waals surface area contributed by atoms with Crippen LogP contribution in [0, 0.1) is 12.8 Å². The smallest absolute Gasteiger partial charge is 0.336 e. The van der Waals surface area contributed by atoms with Gasteiger partial charge in [-0.3, -0.25) is 0 Å². The molecule has 0 aromatic heterocycles. The maximum atomic E-state index is 13.0. The van der Waals surface area contributed by atoms with E-state index in [0.29, 0.717) is 42.0 Å². The van der Waals surface area contributed by atoms with Gasteiger partial charge in [0.25, 0.3) is 5.79 Å². The second kappa shape index (κ2) is 6.82. The summed E-state index contributed by atoms with van der Waals surface area (Å²) in [6.45, 7) is 3.62. The van der Waals surface area contributed by atoms with Crippen LogP contribution in [0.15, 0.2) is 6.07 Å². The van der Waals surface area contributed by atoms with Crippen LogP contribution >= 0.6 is 11.6 Å². The molecule has 4 rings (SSSR count). The van der Waals surface area contributed by atoms with Crippen molar-refractivity contribution in [2.24, 2.45) is 5.92 Å². The molecule has 148 valence electrons. The van der Waals surface area contributed by atoms with Crippen molar-refractivity contribution in [3.8, 4) is 11.5 Å². The molecule has 1 aromatic rings. The second-order valence-electron chi connectivity index (χ2n) is 8.20. The van der Waals surface area contributed by atoms with Gasteiger partial charge >= 0.3 is 5.97 Å². The van der Waals surface area contributed by atoms with Gasteiger partial charge in [-0.15, -0.1) is 0 Å². The van der Waals surface area contributed by atoms with Crippen LogP contribution in [0.4, 0.5) is 4.39 Å². The first-order valence-electron chi connectivity index (χ1n) is 9.61. The average Bonchev–Trinajstić information content (AvgIpc) is 2.97. The van der Waals surface area contributed by atoms with Gasteiger partial charge in [-0.1, -0.05) is 11.6 Å². The first kappa shape index (κ1) is 18.8. The van der Waals surface area contributed by atoms with E-state index in [1.54, 1.807) is 6.92 Å². The number of carboxylic acids is 1. The highest BCUT2D eigenvalue weighted by Gasteiger charge is 2.47. The van der Waals surface area contributed by atoms with Gasteiger partial charge in [-0.2, -0.15) is 0 Å². The lowest BCUT2D eigenvalue weighted by Crippen LogP contribution is -2.51. The van der Waals surface area contributed by atoms with Gasteiger partial charge in [-0.25, -0.2) is 9.18 Å². The first-order chi connectivity index (χ1) is 12.8. The lowest BCUT2D eigenvalue weighted by Gasteiger charge is -2.40. The molecular weight excluding hydrogens is 373 g/mol.